The average molecular weight is 378 g/mol. The molecule has 5 heteroatoms. The van der Waals surface area contributed by atoms with Crippen LogP contribution in [0.4, 0.5) is 4.39 Å². The second-order valence-electron chi connectivity index (χ2n) is 4.38. The number of rotatable bonds is 3. The van der Waals surface area contributed by atoms with Gasteiger partial charge >= 0.3 is 0 Å². The lowest BCUT2D eigenvalue weighted by atomic mass is 10.0. The number of hydrogen-bond acceptors (Lipinski definition) is 1. The summed E-state index contributed by atoms with van der Waals surface area (Å²) in [5.74, 6) is 0.181. The summed E-state index contributed by atoms with van der Waals surface area (Å²) in [6.07, 6.45) is 0. The van der Waals surface area contributed by atoms with Crippen molar-refractivity contribution < 1.29 is 9.13 Å². The van der Waals surface area contributed by atoms with Crippen LogP contribution in [0.5, 0.6) is 5.75 Å². The third-order valence-electron chi connectivity index (χ3n) is 3.02. The minimum atomic E-state index is -0.520. The quantitative estimate of drug-likeness (QED) is 0.606. The molecular weight excluding hydrogens is 366 g/mol. The fourth-order valence-corrected chi connectivity index (χ4v) is 2.68. The SMILES string of the molecule is COc1cc(C)c(Br)cc1C(Cl)c1ccc(Cl)c(F)c1. The molecule has 1 atom stereocenters. The normalized spacial score (nSPS) is 12.3. The topological polar surface area (TPSA) is 9.23 Å². The lowest BCUT2D eigenvalue weighted by molar-refractivity contribution is 0.409. The maximum absolute atomic E-state index is 13.6. The van der Waals surface area contributed by atoms with Crippen molar-refractivity contribution in [3.8, 4) is 5.75 Å². The zero-order valence-corrected chi connectivity index (χ0v) is 14.0. The van der Waals surface area contributed by atoms with E-state index in [9.17, 15) is 4.39 Å². The van der Waals surface area contributed by atoms with Gasteiger partial charge in [0.1, 0.15) is 11.6 Å². The molecule has 0 amide bonds. The molecule has 1 nitrogen and oxygen atoms in total. The van der Waals surface area contributed by atoms with E-state index in [0.29, 0.717) is 11.3 Å². The molecule has 0 saturated heterocycles. The van der Waals surface area contributed by atoms with E-state index in [1.807, 2.05) is 19.1 Å². The molecule has 0 aromatic heterocycles. The summed E-state index contributed by atoms with van der Waals surface area (Å²) in [7, 11) is 1.58. The molecular formula is C15H12BrCl2FO. The van der Waals surface area contributed by atoms with Gasteiger partial charge in [-0.15, -0.1) is 11.6 Å². The first kappa shape index (κ1) is 15.6. The monoisotopic (exact) mass is 376 g/mol. The summed E-state index contributed by atoms with van der Waals surface area (Å²) >= 11 is 15.6. The molecule has 0 aliphatic carbocycles. The van der Waals surface area contributed by atoms with Gasteiger partial charge in [-0.3, -0.25) is 0 Å². The van der Waals surface area contributed by atoms with Crippen LogP contribution >= 0.6 is 39.1 Å². The highest BCUT2D eigenvalue weighted by atomic mass is 79.9. The zero-order chi connectivity index (χ0) is 14.9. The van der Waals surface area contributed by atoms with Gasteiger partial charge in [0.15, 0.2) is 0 Å². The highest BCUT2D eigenvalue weighted by Gasteiger charge is 2.18. The highest BCUT2D eigenvalue weighted by Crippen LogP contribution is 2.38. The molecule has 0 saturated carbocycles. The minimum absolute atomic E-state index is 0.0784. The Kier molecular flexibility index (Phi) is 4.95. The van der Waals surface area contributed by atoms with Gasteiger partial charge < -0.3 is 4.74 Å². The van der Waals surface area contributed by atoms with Crippen molar-refractivity contribution in [1.82, 2.24) is 0 Å². The van der Waals surface area contributed by atoms with E-state index in [1.54, 1.807) is 13.2 Å². The van der Waals surface area contributed by atoms with E-state index < -0.39 is 11.2 Å². The fourth-order valence-electron chi connectivity index (χ4n) is 1.89. The van der Waals surface area contributed by atoms with Gasteiger partial charge in [0.25, 0.3) is 0 Å². The van der Waals surface area contributed by atoms with Gasteiger partial charge in [-0.2, -0.15) is 0 Å². The molecule has 0 aliphatic heterocycles. The zero-order valence-electron chi connectivity index (χ0n) is 10.9. The van der Waals surface area contributed by atoms with Crippen molar-refractivity contribution >= 4 is 39.1 Å². The van der Waals surface area contributed by atoms with E-state index in [-0.39, 0.29) is 5.02 Å². The lowest BCUT2D eigenvalue weighted by Crippen LogP contribution is -1.99. The van der Waals surface area contributed by atoms with Crippen molar-refractivity contribution in [1.29, 1.82) is 0 Å². The Morgan fingerprint density at radius 3 is 2.55 bits per heavy atom. The molecule has 0 radical (unpaired) electrons. The maximum Gasteiger partial charge on any atom is 0.142 e. The van der Waals surface area contributed by atoms with Gasteiger partial charge in [0.05, 0.1) is 17.5 Å². The van der Waals surface area contributed by atoms with Crippen LogP contribution in [0.2, 0.25) is 5.02 Å². The Morgan fingerprint density at radius 1 is 1.25 bits per heavy atom. The van der Waals surface area contributed by atoms with E-state index >= 15 is 0 Å². The molecule has 0 N–H and O–H groups in total. The van der Waals surface area contributed by atoms with Crippen molar-refractivity contribution in [2.24, 2.45) is 0 Å². The van der Waals surface area contributed by atoms with Crippen LogP contribution in [0.1, 0.15) is 22.1 Å². The third kappa shape index (κ3) is 3.11. The van der Waals surface area contributed by atoms with Crippen LogP contribution in [0.3, 0.4) is 0 Å². The molecule has 1 unspecified atom stereocenters. The number of aryl methyl sites for hydroxylation is 1. The fraction of sp³-hybridized carbons (Fsp3) is 0.200. The van der Waals surface area contributed by atoms with E-state index in [4.69, 9.17) is 27.9 Å². The van der Waals surface area contributed by atoms with Crippen molar-refractivity contribution in [2.45, 2.75) is 12.3 Å². The maximum atomic E-state index is 13.6. The van der Waals surface area contributed by atoms with Crippen LogP contribution in [0, 0.1) is 12.7 Å². The Morgan fingerprint density at radius 2 is 1.95 bits per heavy atom. The van der Waals surface area contributed by atoms with Crippen LogP contribution in [0.15, 0.2) is 34.8 Å². The number of halogens is 4. The number of alkyl halides is 1. The Bertz CT molecular complexity index is 646. The number of benzene rings is 2. The molecule has 20 heavy (non-hydrogen) atoms. The Labute approximate surface area is 135 Å². The number of methoxy groups -OCH3 is 1. The van der Waals surface area contributed by atoms with E-state index in [1.165, 1.54) is 12.1 Å². The van der Waals surface area contributed by atoms with Gasteiger partial charge in [0, 0.05) is 10.0 Å². The predicted octanol–water partition coefficient (Wildman–Crippen LogP) is 5.89. The summed E-state index contributed by atoms with van der Waals surface area (Å²) in [5, 5.41) is -0.441. The van der Waals surface area contributed by atoms with Crippen molar-refractivity contribution in [3.63, 3.8) is 0 Å². The molecule has 2 aromatic rings. The molecule has 0 bridgehead atoms. The molecule has 0 fully saturated rings. The highest BCUT2D eigenvalue weighted by molar-refractivity contribution is 9.10. The molecule has 106 valence electrons. The Hall–Kier alpha value is -0.770. The molecule has 2 aromatic carbocycles. The van der Waals surface area contributed by atoms with Gasteiger partial charge in [-0.25, -0.2) is 4.39 Å². The third-order valence-corrected chi connectivity index (χ3v) is 4.67. The molecule has 0 aliphatic rings. The summed E-state index contributed by atoms with van der Waals surface area (Å²) < 4.78 is 19.8. The summed E-state index contributed by atoms with van der Waals surface area (Å²) in [4.78, 5) is 0. The smallest absolute Gasteiger partial charge is 0.142 e. The molecule has 2 rings (SSSR count). The first-order chi connectivity index (χ1) is 9.43. The largest absolute Gasteiger partial charge is 0.496 e. The lowest BCUT2D eigenvalue weighted by Gasteiger charge is -2.16. The first-order valence-electron chi connectivity index (χ1n) is 5.87. The summed E-state index contributed by atoms with van der Waals surface area (Å²) in [6.45, 7) is 1.96. The van der Waals surface area contributed by atoms with Crippen LogP contribution in [-0.2, 0) is 0 Å². The molecule has 0 heterocycles. The number of hydrogen-bond donors (Lipinski definition) is 0. The van der Waals surface area contributed by atoms with Gasteiger partial charge in [-0.05, 0) is 42.3 Å². The first-order valence-corrected chi connectivity index (χ1v) is 7.48. The van der Waals surface area contributed by atoms with Gasteiger partial charge in [0.2, 0.25) is 0 Å². The van der Waals surface area contributed by atoms with Crippen molar-refractivity contribution in [2.75, 3.05) is 7.11 Å². The Balaban J connectivity index is 2.49. The van der Waals surface area contributed by atoms with Gasteiger partial charge in [-0.1, -0.05) is 33.6 Å². The van der Waals surface area contributed by atoms with E-state index in [0.717, 1.165) is 15.6 Å². The van der Waals surface area contributed by atoms with Crippen LogP contribution in [0.25, 0.3) is 0 Å². The predicted molar refractivity (Wildman–Crippen MR) is 84.5 cm³/mol. The summed E-state index contributed by atoms with van der Waals surface area (Å²) in [5.41, 5.74) is 2.44. The van der Waals surface area contributed by atoms with Crippen LogP contribution in [-0.4, -0.2) is 7.11 Å². The van der Waals surface area contributed by atoms with Crippen LogP contribution < -0.4 is 4.74 Å². The van der Waals surface area contributed by atoms with Crippen molar-refractivity contribution in [3.05, 3.63) is 62.3 Å². The van der Waals surface area contributed by atoms with E-state index in [2.05, 4.69) is 15.9 Å². The second kappa shape index (κ2) is 6.33. The number of ether oxygens (including phenoxy) is 1. The average Bonchev–Trinajstić information content (AvgIpc) is 2.43. The molecule has 0 spiro atoms. The second-order valence-corrected chi connectivity index (χ2v) is 6.08. The minimum Gasteiger partial charge on any atom is -0.496 e. The summed E-state index contributed by atoms with van der Waals surface area (Å²) in [6, 6.07) is 8.32. The standard InChI is InChI=1S/C15H12BrCl2FO/c1-8-5-14(20-2)10(7-11(8)16)15(18)9-3-4-12(17)13(19)6-9/h3-7,15H,1-2H3.